The molecule has 7 nitrogen and oxygen atoms in total. The van der Waals surface area contributed by atoms with Crippen molar-refractivity contribution in [2.24, 2.45) is 0 Å². The third-order valence-corrected chi connectivity index (χ3v) is 2.67. The van der Waals surface area contributed by atoms with E-state index in [1.165, 1.54) is 0 Å². The van der Waals surface area contributed by atoms with E-state index in [9.17, 15) is 23.5 Å². The number of alkyl halides is 1. The van der Waals surface area contributed by atoms with Gasteiger partial charge in [-0.1, -0.05) is 0 Å². The summed E-state index contributed by atoms with van der Waals surface area (Å²) in [4.78, 5) is 23.8. The topological polar surface area (TPSA) is 105 Å². The van der Waals surface area contributed by atoms with Crippen molar-refractivity contribution in [2.75, 3.05) is 6.61 Å². The average molecular weight is 264 g/mol. The Morgan fingerprint density at radius 3 is 2.72 bits per heavy atom. The van der Waals surface area contributed by atoms with E-state index in [2.05, 4.69) is 0 Å². The molecular weight excluding hydrogens is 254 g/mol. The molecule has 1 aromatic heterocycles. The van der Waals surface area contributed by atoms with Gasteiger partial charge in [0.05, 0.1) is 12.8 Å². The van der Waals surface area contributed by atoms with E-state index in [0.717, 1.165) is 0 Å². The van der Waals surface area contributed by atoms with Crippen molar-refractivity contribution in [3.63, 3.8) is 0 Å². The fourth-order valence-corrected chi connectivity index (χ4v) is 1.73. The summed E-state index contributed by atoms with van der Waals surface area (Å²) in [6, 6.07) is 0. The van der Waals surface area contributed by atoms with Gasteiger partial charge in [-0.3, -0.25) is 14.3 Å². The van der Waals surface area contributed by atoms with Gasteiger partial charge in [0, 0.05) is 0 Å². The fourth-order valence-electron chi connectivity index (χ4n) is 1.73. The zero-order valence-corrected chi connectivity index (χ0v) is 8.92. The van der Waals surface area contributed by atoms with Crippen molar-refractivity contribution in [2.45, 2.75) is 24.6 Å². The van der Waals surface area contributed by atoms with Crippen LogP contribution in [0.2, 0.25) is 0 Å². The van der Waals surface area contributed by atoms with Crippen LogP contribution in [0.5, 0.6) is 0 Å². The highest BCUT2D eigenvalue weighted by atomic mass is 19.1. The molecule has 0 bridgehead atoms. The van der Waals surface area contributed by atoms with Gasteiger partial charge < -0.3 is 14.9 Å². The number of rotatable bonds is 2. The molecule has 1 aliphatic rings. The van der Waals surface area contributed by atoms with Gasteiger partial charge >= 0.3 is 5.69 Å². The number of aliphatic hydroxyl groups excluding tert-OH is 2. The van der Waals surface area contributed by atoms with Crippen LogP contribution in [-0.4, -0.2) is 44.8 Å². The first-order valence-electron chi connectivity index (χ1n) is 5.05. The van der Waals surface area contributed by atoms with E-state index in [1.807, 2.05) is 0 Å². The number of ether oxygens (including phenoxy) is 1. The van der Waals surface area contributed by atoms with Crippen LogP contribution < -0.4 is 11.2 Å². The Bertz CT molecular complexity index is 557. The molecule has 4 atom stereocenters. The second-order valence-corrected chi connectivity index (χ2v) is 3.83. The van der Waals surface area contributed by atoms with Crippen LogP contribution in [0.25, 0.3) is 0 Å². The molecule has 2 rings (SSSR count). The van der Waals surface area contributed by atoms with Gasteiger partial charge in [0.15, 0.2) is 12.4 Å². The lowest BCUT2D eigenvalue weighted by molar-refractivity contribution is -0.0495. The molecule has 1 saturated heterocycles. The van der Waals surface area contributed by atoms with E-state index < -0.39 is 48.3 Å². The Balaban J connectivity index is 2.42. The predicted octanol–water partition coefficient (Wildman–Crippen LogP) is -1.74. The lowest BCUT2D eigenvalue weighted by Crippen LogP contribution is -2.37. The largest absolute Gasteiger partial charge is 0.394 e. The monoisotopic (exact) mass is 264 g/mol. The number of nitrogens with zero attached hydrogens (tertiary/aromatic N) is 1. The van der Waals surface area contributed by atoms with Gasteiger partial charge in [0.25, 0.3) is 5.56 Å². The van der Waals surface area contributed by atoms with Crippen LogP contribution in [0.1, 0.15) is 6.23 Å². The van der Waals surface area contributed by atoms with E-state index in [-0.39, 0.29) is 0 Å². The van der Waals surface area contributed by atoms with Crippen LogP contribution in [0, 0.1) is 5.82 Å². The van der Waals surface area contributed by atoms with Crippen LogP contribution in [0.15, 0.2) is 15.8 Å². The highest BCUT2D eigenvalue weighted by Gasteiger charge is 2.45. The van der Waals surface area contributed by atoms with Gasteiger partial charge in [-0.25, -0.2) is 9.18 Å². The van der Waals surface area contributed by atoms with Crippen molar-refractivity contribution in [1.29, 1.82) is 0 Å². The van der Waals surface area contributed by atoms with Gasteiger partial charge in [0.1, 0.15) is 12.2 Å². The Morgan fingerprint density at radius 2 is 2.17 bits per heavy atom. The summed E-state index contributed by atoms with van der Waals surface area (Å²) in [5, 5.41) is 18.2. The summed E-state index contributed by atoms with van der Waals surface area (Å²) in [6.45, 7) is -0.654. The fraction of sp³-hybridized carbons (Fsp3) is 0.556. The molecule has 2 heterocycles. The second kappa shape index (κ2) is 4.59. The minimum atomic E-state index is -2.02. The van der Waals surface area contributed by atoms with E-state index in [4.69, 9.17) is 9.84 Å². The molecule has 0 aromatic carbocycles. The number of H-pyrrole nitrogens is 1. The van der Waals surface area contributed by atoms with Gasteiger partial charge in [0.2, 0.25) is 5.82 Å². The first-order valence-corrected chi connectivity index (χ1v) is 5.05. The molecule has 1 aromatic rings. The van der Waals surface area contributed by atoms with Crippen molar-refractivity contribution in [3.8, 4) is 0 Å². The maximum Gasteiger partial charge on any atom is 0.330 e. The molecule has 1 aliphatic heterocycles. The van der Waals surface area contributed by atoms with Gasteiger partial charge in [-0.05, 0) is 0 Å². The number of hydrogen-bond donors (Lipinski definition) is 3. The molecule has 0 radical (unpaired) electrons. The second-order valence-electron chi connectivity index (χ2n) is 3.83. The third kappa shape index (κ3) is 1.96. The molecule has 100 valence electrons. The van der Waals surface area contributed by atoms with Crippen molar-refractivity contribution in [1.82, 2.24) is 9.55 Å². The number of hydrogen-bond acceptors (Lipinski definition) is 5. The molecule has 1 unspecified atom stereocenters. The first-order chi connectivity index (χ1) is 8.45. The average Bonchev–Trinajstić information content (AvgIpc) is 2.61. The zero-order valence-electron chi connectivity index (χ0n) is 8.92. The highest BCUT2D eigenvalue weighted by molar-refractivity contribution is 4.94. The van der Waals surface area contributed by atoms with Crippen molar-refractivity contribution in [3.05, 3.63) is 32.9 Å². The van der Waals surface area contributed by atoms with Crippen molar-refractivity contribution >= 4 is 0 Å². The lowest BCUT2D eigenvalue weighted by Gasteiger charge is -2.15. The summed E-state index contributed by atoms with van der Waals surface area (Å²) in [6.07, 6.45) is -5.99. The van der Waals surface area contributed by atoms with Gasteiger partial charge in [-0.2, -0.15) is 4.39 Å². The quantitative estimate of drug-likeness (QED) is 0.588. The molecule has 18 heavy (non-hydrogen) atoms. The van der Waals surface area contributed by atoms with Crippen LogP contribution in [0.3, 0.4) is 0 Å². The number of halogens is 2. The van der Waals surface area contributed by atoms with E-state index >= 15 is 0 Å². The number of aromatic nitrogens is 2. The van der Waals surface area contributed by atoms with Crippen LogP contribution >= 0.6 is 0 Å². The summed E-state index contributed by atoms with van der Waals surface area (Å²) in [5.74, 6) is -1.28. The molecule has 0 amide bonds. The van der Waals surface area contributed by atoms with E-state index in [0.29, 0.717) is 10.8 Å². The number of aliphatic hydroxyl groups is 2. The summed E-state index contributed by atoms with van der Waals surface area (Å²) < 4.78 is 32.1. The normalized spacial score (nSPS) is 31.8. The maximum absolute atomic E-state index is 13.7. The third-order valence-electron chi connectivity index (χ3n) is 2.67. The summed E-state index contributed by atoms with van der Waals surface area (Å²) in [7, 11) is 0. The summed E-state index contributed by atoms with van der Waals surface area (Å²) >= 11 is 0. The Labute approximate surface area is 98.3 Å². The molecule has 0 spiro atoms. The molecule has 9 heteroatoms. The standard InChI is InChI=1S/C9H10F2N2O5/c10-3-1-13(9(17)12-7(3)16)8-5(11)6(15)4(2-14)18-8/h1,4-6,8,14-15H,2H2,(H,12,16,17)/t4-,5-,6?,8-/m1/s1. The minimum Gasteiger partial charge on any atom is -0.394 e. The zero-order chi connectivity index (χ0) is 13.4. The molecule has 0 aliphatic carbocycles. The van der Waals surface area contributed by atoms with Gasteiger partial charge in [-0.15, -0.1) is 0 Å². The SMILES string of the molecule is O=c1[nH]c(=O)n([C@@H]2O[C@H](CO)C(O)[C@H]2F)cc1F. The Hall–Kier alpha value is -1.58. The molecule has 3 N–H and O–H groups in total. The van der Waals surface area contributed by atoms with Crippen LogP contribution in [-0.2, 0) is 4.74 Å². The highest BCUT2D eigenvalue weighted by Crippen LogP contribution is 2.30. The smallest absolute Gasteiger partial charge is 0.330 e. The van der Waals surface area contributed by atoms with E-state index in [1.54, 1.807) is 4.98 Å². The Kier molecular flexibility index (Phi) is 3.28. The Morgan fingerprint density at radius 1 is 1.50 bits per heavy atom. The predicted molar refractivity (Wildman–Crippen MR) is 53.2 cm³/mol. The first kappa shape index (κ1) is 12.9. The molecule has 0 saturated carbocycles. The number of aromatic amines is 1. The van der Waals surface area contributed by atoms with Crippen LogP contribution in [0.4, 0.5) is 8.78 Å². The number of nitrogens with one attached hydrogen (secondary N) is 1. The van der Waals surface area contributed by atoms with Crippen molar-refractivity contribution < 1.29 is 23.7 Å². The molecular formula is C9H10F2N2O5. The summed E-state index contributed by atoms with van der Waals surface area (Å²) in [5.41, 5.74) is -2.30. The maximum atomic E-state index is 13.7. The lowest BCUT2D eigenvalue weighted by atomic mass is 10.1. The minimum absolute atomic E-state index is 0.486. The molecule has 1 fully saturated rings.